The molecule has 0 saturated carbocycles. The second-order valence-corrected chi connectivity index (χ2v) is 10.2. The van der Waals surface area contributed by atoms with E-state index in [2.05, 4.69) is 15.6 Å². The van der Waals surface area contributed by atoms with Crippen LogP contribution in [0.1, 0.15) is 38.1 Å². The summed E-state index contributed by atoms with van der Waals surface area (Å²) in [7, 11) is 0. The van der Waals surface area contributed by atoms with Crippen molar-refractivity contribution in [1.29, 1.82) is 0 Å². The molecule has 36 heavy (non-hydrogen) atoms. The molecule has 2 amide bonds. The predicted molar refractivity (Wildman–Crippen MR) is 137 cm³/mol. The maximum Gasteiger partial charge on any atom is 0.249 e. The molecule has 0 spiro atoms. The van der Waals surface area contributed by atoms with Crippen LogP contribution in [-0.2, 0) is 16.1 Å². The lowest BCUT2D eigenvalue weighted by Crippen LogP contribution is -2.50. The number of nitrogens with zero attached hydrogens (tertiary/aromatic N) is 4. The van der Waals surface area contributed by atoms with Gasteiger partial charge < -0.3 is 14.8 Å². The highest BCUT2D eigenvalue weighted by atomic mass is 32.1. The lowest BCUT2D eigenvalue weighted by Gasteiger charge is -2.34. The Hall–Kier alpha value is -3.92. The Kier molecular flexibility index (Phi) is 6.36. The molecule has 2 aromatic heterocycles. The topological polar surface area (TPSA) is 98.6 Å². The third-order valence-electron chi connectivity index (χ3n) is 6.27. The van der Waals surface area contributed by atoms with Gasteiger partial charge in [0.05, 0.1) is 5.52 Å². The van der Waals surface area contributed by atoms with Crippen molar-refractivity contribution >= 4 is 39.9 Å². The summed E-state index contributed by atoms with van der Waals surface area (Å²) in [4.78, 5) is 30.1. The monoisotopic (exact) mass is 505 g/mol. The zero-order valence-corrected chi connectivity index (χ0v) is 21.1. The van der Waals surface area contributed by atoms with Crippen LogP contribution < -0.4 is 19.7 Å². The van der Waals surface area contributed by atoms with Crippen molar-refractivity contribution in [2.45, 2.75) is 45.3 Å². The molecule has 10 heteroatoms. The van der Waals surface area contributed by atoms with Gasteiger partial charge in [-0.3, -0.25) is 14.5 Å². The van der Waals surface area contributed by atoms with E-state index >= 15 is 0 Å². The van der Waals surface area contributed by atoms with E-state index in [0.29, 0.717) is 22.7 Å². The summed E-state index contributed by atoms with van der Waals surface area (Å²) < 4.78 is 12.6. The van der Waals surface area contributed by atoms with Gasteiger partial charge in [-0.1, -0.05) is 30.3 Å². The number of anilines is 1. The number of ether oxygens (including phenoxy) is 2. The molecule has 3 heterocycles. The predicted octanol–water partition coefficient (Wildman–Crippen LogP) is 4.30. The van der Waals surface area contributed by atoms with Gasteiger partial charge >= 0.3 is 0 Å². The van der Waals surface area contributed by atoms with Crippen LogP contribution in [0.5, 0.6) is 11.5 Å². The average molecular weight is 506 g/mol. The van der Waals surface area contributed by atoms with Gasteiger partial charge in [0.2, 0.25) is 18.6 Å². The number of carbonyl (C=O) groups excluding carboxylic acids is 2. The summed E-state index contributed by atoms with van der Waals surface area (Å²) in [6.45, 7) is 5.95. The highest BCUT2D eigenvalue weighted by molar-refractivity contribution is 7.10. The van der Waals surface area contributed by atoms with Gasteiger partial charge in [-0.05, 0) is 56.0 Å². The van der Waals surface area contributed by atoms with Crippen LogP contribution in [0.3, 0.4) is 0 Å². The first-order chi connectivity index (χ1) is 17.4. The van der Waals surface area contributed by atoms with E-state index in [-0.39, 0.29) is 25.2 Å². The van der Waals surface area contributed by atoms with Gasteiger partial charge in [-0.15, -0.1) is 16.4 Å². The van der Waals surface area contributed by atoms with Crippen LogP contribution in [0, 0.1) is 0 Å². The molecule has 1 aliphatic rings. The highest BCUT2D eigenvalue weighted by Gasteiger charge is 2.36. The van der Waals surface area contributed by atoms with Crippen LogP contribution in [0.15, 0.2) is 60.0 Å². The number of para-hydroxylation sites is 1. The van der Waals surface area contributed by atoms with E-state index in [1.807, 2.05) is 62.5 Å². The number of fused-ring (bicyclic) bond motifs is 2. The quantitative estimate of drug-likeness (QED) is 0.383. The fourth-order valence-electron chi connectivity index (χ4n) is 4.02. The Morgan fingerprint density at radius 2 is 1.94 bits per heavy atom. The molecular weight excluding hydrogens is 478 g/mol. The first kappa shape index (κ1) is 23.8. The molecule has 0 fully saturated rings. The molecule has 0 aliphatic carbocycles. The number of benzene rings is 2. The first-order valence-electron chi connectivity index (χ1n) is 11.7. The van der Waals surface area contributed by atoms with Crippen LogP contribution in [-0.4, -0.2) is 39.1 Å². The van der Waals surface area contributed by atoms with Crippen molar-refractivity contribution in [3.63, 3.8) is 0 Å². The zero-order chi connectivity index (χ0) is 25.3. The third-order valence-corrected chi connectivity index (χ3v) is 7.20. The first-order valence-corrected chi connectivity index (χ1v) is 12.6. The van der Waals surface area contributed by atoms with E-state index in [9.17, 15) is 9.59 Å². The molecule has 0 unspecified atom stereocenters. The van der Waals surface area contributed by atoms with Gasteiger partial charge in [-0.25, -0.2) is 4.68 Å². The molecule has 0 saturated heterocycles. The molecule has 2 aromatic carbocycles. The molecule has 0 radical (unpaired) electrons. The second kappa shape index (κ2) is 9.62. The number of aromatic nitrogens is 3. The summed E-state index contributed by atoms with van der Waals surface area (Å²) >= 11 is 1.42. The van der Waals surface area contributed by atoms with Crippen molar-refractivity contribution in [2.75, 3.05) is 11.7 Å². The Morgan fingerprint density at radius 3 is 2.72 bits per heavy atom. The summed E-state index contributed by atoms with van der Waals surface area (Å²) in [5, 5.41) is 13.4. The largest absolute Gasteiger partial charge is 0.454 e. The normalized spacial score (nSPS) is 13.5. The minimum atomic E-state index is -0.890. The van der Waals surface area contributed by atoms with Crippen molar-refractivity contribution in [1.82, 2.24) is 20.3 Å². The maximum atomic E-state index is 14.0. The van der Waals surface area contributed by atoms with Gasteiger partial charge in [0.25, 0.3) is 0 Å². The summed E-state index contributed by atoms with van der Waals surface area (Å²) in [5.41, 5.74) is 1.51. The number of hydrogen-bond donors (Lipinski definition) is 1. The zero-order valence-electron chi connectivity index (χ0n) is 20.3. The van der Waals surface area contributed by atoms with Crippen molar-refractivity contribution in [2.24, 2.45) is 0 Å². The maximum absolute atomic E-state index is 14.0. The van der Waals surface area contributed by atoms with E-state index in [4.69, 9.17) is 9.47 Å². The van der Waals surface area contributed by atoms with Crippen molar-refractivity contribution < 1.29 is 19.1 Å². The Morgan fingerprint density at radius 1 is 1.14 bits per heavy atom. The molecule has 1 N–H and O–H groups in total. The average Bonchev–Trinajstić information content (AvgIpc) is 3.63. The van der Waals surface area contributed by atoms with Crippen LogP contribution in [0.25, 0.3) is 11.0 Å². The van der Waals surface area contributed by atoms with Gasteiger partial charge in [0, 0.05) is 22.2 Å². The van der Waals surface area contributed by atoms with Gasteiger partial charge in [-0.2, -0.15) is 0 Å². The molecular formula is C26H27N5O4S. The molecule has 186 valence electrons. The number of amides is 2. The SMILES string of the molecule is CCC(C)(C)NC(=O)[C@H](c1cccs1)N(C(=O)Cn1nnc2ccccc21)c1ccc2c(c1)OCO2. The van der Waals surface area contributed by atoms with E-state index in [1.54, 1.807) is 22.9 Å². The number of thiophene rings is 1. The molecule has 4 aromatic rings. The number of hydrogen-bond acceptors (Lipinski definition) is 7. The number of nitrogens with one attached hydrogen (secondary N) is 1. The van der Waals surface area contributed by atoms with Gasteiger partial charge in [0.15, 0.2) is 11.5 Å². The Bertz CT molecular complexity index is 1400. The van der Waals surface area contributed by atoms with Crippen LogP contribution >= 0.6 is 11.3 Å². The molecule has 9 nitrogen and oxygen atoms in total. The molecule has 1 aliphatic heterocycles. The standard InChI is InChI=1S/C26H27N5O4S/c1-4-26(2,3)27-25(33)24(22-10-7-13-36-22)31(17-11-12-20-21(14-17)35-16-34-20)23(32)15-30-19-9-6-5-8-18(19)28-29-30/h5-14,24H,4,15-16H2,1-3H3,(H,27,33)/t24-/m0/s1. The lowest BCUT2D eigenvalue weighted by atomic mass is 10.0. The summed E-state index contributed by atoms with van der Waals surface area (Å²) in [6.07, 6.45) is 0.735. The smallest absolute Gasteiger partial charge is 0.249 e. The van der Waals surface area contributed by atoms with E-state index < -0.39 is 11.6 Å². The fraction of sp³-hybridized carbons (Fsp3) is 0.308. The molecule has 0 bridgehead atoms. The van der Waals surface area contributed by atoms with Crippen molar-refractivity contribution in [3.05, 3.63) is 64.9 Å². The van der Waals surface area contributed by atoms with Crippen LogP contribution in [0.4, 0.5) is 5.69 Å². The Balaban J connectivity index is 1.58. The molecule has 5 rings (SSSR count). The number of carbonyl (C=O) groups is 2. The minimum Gasteiger partial charge on any atom is -0.454 e. The van der Waals surface area contributed by atoms with E-state index in [1.165, 1.54) is 16.2 Å². The third kappa shape index (κ3) is 4.64. The highest BCUT2D eigenvalue weighted by Crippen LogP contribution is 2.39. The minimum absolute atomic E-state index is 0.0960. The van der Waals surface area contributed by atoms with E-state index in [0.717, 1.165) is 16.8 Å². The lowest BCUT2D eigenvalue weighted by molar-refractivity contribution is -0.128. The second-order valence-electron chi connectivity index (χ2n) is 9.18. The van der Waals surface area contributed by atoms with Crippen LogP contribution in [0.2, 0.25) is 0 Å². The van der Waals surface area contributed by atoms with Crippen molar-refractivity contribution in [3.8, 4) is 11.5 Å². The summed E-state index contributed by atoms with van der Waals surface area (Å²) in [6, 6.07) is 15.5. The fourth-order valence-corrected chi connectivity index (χ4v) is 4.83. The molecule has 1 atom stereocenters. The number of rotatable bonds is 8. The van der Waals surface area contributed by atoms with Gasteiger partial charge in [0.1, 0.15) is 18.1 Å². The summed E-state index contributed by atoms with van der Waals surface area (Å²) in [5.74, 6) is 0.541. The Labute approximate surface area is 212 Å².